The Morgan fingerprint density at radius 3 is 2.32 bits per heavy atom. The number of aryl methyl sites for hydroxylation is 3. The number of hydrogen-bond donors (Lipinski definition) is 0. The summed E-state index contributed by atoms with van der Waals surface area (Å²) in [7, 11) is 0. The highest BCUT2D eigenvalue weighted by Crippen LogP contribution is 2.29. The first-order valence-electron chi connectivity index (χ1n) is 8.54. The summed E-state index contributed by atoms with van der Waals surface area (Å²) in [6, 6.07) is 15.1. The molecule has 4 rings (SSSR count). The van der Waals surface area contributed by atoms with Gasteiger partial charge in [-0.1, -0.05) is 66.1 Å². The molecule has 0 unspecified atom stereocenters. The van der Waals surface area contributed by atoms with E-state index in [0.717, 1.165) is 39.8 Å². The van der Waals surface area contributed by atoms with Gasteiger partial charge in [-0.2, -0.15) is 9.61 Å². The minimum Gasteiger partial charge on any atom is -0.182 e. The molecule has 2 aromatic carbocycles. The number of hydrogen-bond acceptors (Lipinski definition) is 4. The standard InChI is InChI=1S/C20H20N4S/c1-4-5-15-6-8-16(9-7-15)19-23-24-18(21-22-20(24)25-19)17-11-13(2)10-14(3)12-17/h6-12H,4-5H2,1-3H3. The summed E-state index contributed by atoms with van der Waals surface area (Å²) in [5.74, 6) is 0.798. The van der Waals surface area contributed by atoms with Crippen molar-refractivity contribution in [3.05, 3.63) is 59.2 Å². The van der Waals surface area contributed by atoms with E-state index in [-0.39, 0.29) is 0 Å². The smallest absolute Gasteiger partial charge is 0.182 e. The van der Waals surface area contributed by atoms with Gasteiger partial charge in [-0.15, -0.1) is 10.2 Å². The lowest BCUT2D eigenvalue weighted by atomic mass is 10.1. The summed E-state index contributed by atoms with van der Waals surface area (Å²) in [5.41, 5.74) is 5.98. The third-order valence-electron chi connectivity index (χ3n) is 4.21. The summed E-state index contributed by atoms with van der Waals surface area (Å²) >= 11 is 1.57. The molecule has 0 aliphatic heterocycles. The first-order valence-corrected chi connectivity index (χ1v) is 9.36. The number of fused-ring (bicyclic) bond motifs is 1. The summed E-state index contributed by atoms with van der Waals surface area (Å²) in [4.78, 5) is 0.821. The van der Waals surface area contributed by atoms with Gasteiger partial charge in [0, 0.05) is 11.1 Å². The van der Waals surface area contributed by atoms with E-state index in [1.54, 1.807) is 11.3 Å². The molecule has 0 aliphatic carbocycles. The van der Waals surface area contributed by atoms with E-state index < -0.39 is 0 Å². The Morgan fingerprint density at radius 1 is 0.920 bits per heavy atom. The third kappa shape index (κ3) is 3.07. The first-order chi connectivity index (χ1) is 12.1. The summed E-state index contributed by atoms with van der Waals surface area (Å²) in [5, 5.41) is 14.4. The van der Waals surface area contributed by atoms with Crippen LogP contribution in [0.4, 0.5) is 0 Å². The van der Waals surface area contributed by atoms with Crippen molar-refractivity contribution in [3.63, 3.8) is 0 Å². The van der Waals surface area contributed by atoms with E-state index in [0.29, 0.717) is 0 Å². The Balaban J connectivity index is 1.75. The van der Waals surface area contributed by atoms with Crippen molar-refractivity contribution in [2.45, 2.75) is 33.6 Å². The number of aromatic nitrogens is 4. The fourth-order valence-corrected chi connectivity index (χ4v) is 3.96. The second kappa shape index (κ2) is 6.41. The Labute approximate surface area is 151 Å². The van der Waals surface area contributed by atoms with Crippen LogP contribution in [0.5, 0.6) is 0 Å². The van der Waals surface area contributed by atoms with Crippen LogP contribution in [0.2, 0.25) is 0 Å². The SMILES string of the molecule is CCCc1ccc(-c2nn3c(-c4cc(C)cc(C)c4)nnc3s2)cc1. The molecule has 126 valence electrons. The lowest BCUT2D eigenvalue weighted by Crippen LogP contribution is -1.92. The zero-order valence-corrected chi connectivity index (χ0v) is 15.5. The number of nitrogens with zero attached hydrogens (tertiary/aromatic N) is 4. The molecule has 0 amide bonds. The van der Waals surface area contributed by atoms with Gasteiger partial charge in [0.2, 0.25) is 4.96 Å². The molecule has 2 aromatic heterocycles. The molecule has 0 radical (unpaired) electrons. The van der Waals surface area contributed by atoms with Crippen LogP contribution in [0.15, 0.2) is 42.5 Å². The fourth-order valence-electron chi connectivity index (χ4n) is 3.12. The summed E-state index contributed by atoms with van der Waals surface area (Å²) in [6.45, 7) is 6.39. The number of rotatable bonds is 4. The predicted octanol–water partition coefficient (Wildman–Crippen LogP) is 5.09. The van der Waals surface area contributed by atoms with Gasteiger partial charge in [-0.05, 0) is 38.0 Å². The van der Waals surface area contributed by atoms with Crippen molar-refractivity contribution in [1.82, 2.24) is 19.8 Å². The number of benzene rings is 2. The molecule has 4 aromatic rings. The van der Waals surface area contributed by atoms with Crippen LogP contribution in [0.3, 0.4) is 0 Å². The maximum Gasteiger partial charge on any atom is 0.235 e. The topological polar surface area (TPSA) is 43.1 Å². The molecule has 25 heavy (non-hydrogen) atoms. The molecule has 0 saturated carbocycles. The maximum atomic E-state index is 4.76. The minimum atomic E-state index is 0.798. The lowest BCUT2D eigenvalue weighted by Gasteiger charge is -2.02. The highest BCUT2D eigenvalue weighted by Gasteiger charge is 2.15. The molecular formula is C20H20N4S. The van der Waals surface area contributed by atoms with Crippen LogP contribution < -0.4 is 0 Å². The minimum absolute atomic E-state index is 0.798. The molecule has 5 heteroatoms. The Morgan fingerprint density at radius 2 is 1.64 bits per heavy atom. The van der Waals surface area contributed by atoms with Crippen LogP contribution >= 0.6 is 11.3 Å². The molecular weight excluding hydrogens is 328 g/mol. The second-order valence-corrected chi connectivity index (χ2v) is 7.40. The third-order valence-corrected chi connectivity index (χ3v) is 5.16. The van der Waals surface area contributed by atoms with Gasteiger partial charge in [0.1, 0.15) is 5.01 Å². The van der Waals surface area contributed by atoms with Gasteiger partial charge < -0.3 is 0 Å². The second-order valence-electron chi connectivity index (χ2n) is 6.45. The van der Waals surface area contributed by atoms with Crippen molar-refractivity contribution in [1.29, 1.82) is 0 Å². The molecule has 0 fully saturated rings. The quantitative estimate of drug-likeness (QED) is 0.516. The van der Waals surface area contributed by atoms with E-state index in [1.165, 1.54) is 16.7 Å². The van der Waals surface area contributed by atoms with Crippen LogP contribution in [0.25, 0.3) is 26.9 Å². The van der Waals surface area contributed by atoms with Crippen LogP contribution in [-0.4, -0.2) is 19.8 Å². The van der Waals surface area contributed by atoms with Crippen molar-refractivity contribution in [3.8, 4) is 22.0 Å². The average molecular weight is 348 g/mol. The van der Waals surface area contributed by atoms with Crippen molar-refractivity contribution in [2.75, 3.05) is 0 Å². The largest absolute Gasteiger partial charge is 0.235 e. The Bertz CT molecular complexity index is 1010. The van der Waals surface area contributed by atoms with E-state index >= 15 is 0 Å². The van der Waals surface area contributed by atoms with E-state index in [1.807, 2.05) is 4.52 Å². The molecule has 0 bridgehead atoms. The fraction of sp³-hybridized carbons (Fsp3) is 0.250. The van der Waals surface area contributed by atoms with Crippen molar-refractivity contribution >= 4 is 16.3 Å². The average Bonchev–Trinajstić information content (AvgIpc) is 3.15. The molecule has 0 atom stereocenters. The monoisotopic (exact) mass is 348 g/mol. The van der Waals surface area contributed by atoms with Crippen LogP contribution in [-0.2, 0) is 6.42 Å². The van der Waals surface area contributed by atoms with Gasteiger partial charge in [-0.25, -0.2) is 0 Å². The molecule has 0 spiro atoms. The molecule has 0 aliphatic rings. The van der Waals surface area contributed by atoms with Gasteiger partial charge in [0.15, 0.2) is 5.82 Å². The van der Waals surface area contributed by atoms with Gasteiger partial charge >= 0.3 is 0 Å². The Kier molecular flexibility index (Phi) is 4.09. The van der Waals surface area contributed by atoms with E-state index in [9.17, 15) is 0 Å². The molecule has 0 saturated heterocycles. The van der Waals surface area contributed by atoms with Crippen molar-refractivity contribution < 1.29 is 0 Å². The molecule has 0 N–H and O–H groups in total. The first kappa shape index (κ1) is 16.0. The van der Waals surface area contributed by atoms with Gasteiger partial charge in [0.25, 0.3) is 0 Å². The maximum absolute atomic E-state index is 4.76. The van der Waals surface area contributed by atoms with Crippen molar-refractivity contribution in [2.24, 2.45) is 0 Å². The highest BCUT2D eigenvalue weighted by atomic mass is 32.1. The van der Waals surface area contributed by atoms with E-state index in [2.05, 4.69) is 73.4 Å². The zero-order chi connectivity index (χ0) is 17.4. The van der Waals surface area contributed by atoms with Crippen LogP contribution in [0.1, 0.15) is 30.0 Å². The van der Waals surface area contributed by atoms with E-state index in [4.69, 9.17) is 5.10 Å². The van der Waals surface area contributed by atoms with Gasteiger partial charge in [0.05, 0.1) is 0 Å². The van der Waals surface area contributed by atoms with Gasteiger partial charge in [-0.3, -0.25) is 0 Å². The zero-order valence-electron chi connectivity index (χ0n) is 14.7. The summed E-state index contributed by atoms with van der Waals surface area (Å²) < 4.78 is 1.86. The Hall–Kier alpha value is -2.53. The van der Waals surface area contributed by atoms with Crippen LogP contribution in [0, 0.1) is 13.8 Å². The normalized spacial score (nSPS) is 11.3. The predicted molar refractivity (Wildman–Crippen MR) is 103 cm³/mol. The molecule has 4 nitrogen and oxygen atoms in total. The summed E-state index contributed by atoms with van der Waals surface area (Å²) in [6.07, 6.45) is 2.28. The lowest BCUT2D eigenvalue weighted by molar-refractivity contribution is 0.922. The highest BCUT2D eigenvalue weighted by molar-refractivity contribution is 7.19. The molecule has 2 heterocycles.